The van der Waals surface area contributed by atoms with Gasteiger partial charge in [0.1, 0.15) is 0 Å². The molecular weight excluding hydrogens is 228 g/mol. The Morgan fingerprint density at radius 2 is 2.17 bits per heavy atom. The first kappa shape index (κ1) is 13.4. The number of imidazole rings is 1. The van der Waals surface area contributed by atoms with Gasteiger partial charge < -0.3 is 19.9 Å². The van der Waals surface area contributed by atoms with Crippen LogP contribution in [-0.2, 0) is 4.74 Å². The molecule has 0 amide bonds. The highest BCUT2D eigenvalue weighted by Gasteiger charge is 2.26. The number of hydrogen-bond donors (Lipinski definition) is 1. The van der Waals surface area contributed by atoms with Crippen LogP contribution in [0.4, 0.5) is 5.95 Å². The van der Waals surface area contributed by atoms with Crippen LogP contribution in [0.2, 0.25) is 0 Å². The van der Waals surface area contributed by atoms with E-state index in [4.69, 9.17) is 10.5 Å². The fraction of sp³-hybridized carbons (Fsp3) is 0.769. The Labute approximate surface area is 109 Å². The first-order valence-corrected chi connectivity index (χ1v) is 6.66. The van der Waals surface area contributed by atoms with E-state index in [1.54, 1.807) is 0 Å². The van der Waals surface area contributed by atoms with Crippen LogP contribution >= 0.6 is 0 Å². The predicted molar refractivity (Wildman–Crippen MR) is 73.0 cm³/mol. The van der Waals surface area contributed by atoms with E-state index in [1.807, 2.05) is 13.8 Å². The minimum absolute atomic E-state index is 0.0522. The molecule has 18 heavy (non-hydrogen) atoms. The SMILES string of the molecule is Cc1cn(C(C)C)c(N2CCOC(C(C)N)C2)n1. The molecule has 0 spiro atoms. The average molecular weight is 252 g/mol. The van der Waals surface area contributed by atoms with Crippen molar-refractivity contribution >= 4 is 5.95 Å². The zero-order valence-corrected chi connectivity index (χ0v) is 11.8. The van der Waals surface area contributed by atoms with Gasteiger partial charge in [0, 0.05) is 31.4 Å². The molecule has 1 aromatic heterocycles. The van der Waals surface area contributed by atoms with Crippen molar-refractivity contribution in [3.05, 3.63) is 11.9 Å². The van der Waals surface area contributed by atoms with E-state index in [1.165, 1.54) is 0 Å². The first-order valence-electron chi connectivity index (χ1n) is 6.66. The summed E-state index contributed by atoms with van der Waals surface area (Å²) in [4.78, 5) is 6.92. The van der Waals surface area contributed by atoms with Crippen LogP contribution in [0, 0.1) is 6.92 Å². The third-order valence-electron chi connectivity index (χ3n) is 3.35. The summed E-state index contributed by atoms with van der Waals surface area (Å²) >= 11 is 0. The van der Waals surface area contributed by atoms with Crippen molar-refractivity contribution < 1.29 is 4.74 Å². The summed E-state index contributed by atoms with van der Waals surface area (Å²) in [7, 11) is 0. The van der Waals surface area contributed by atoms with E-state index in [-0.39, 0.29) is 12.1 Å². The van der Waals surface area contributed by atoms with Gasteiger partial charge >= 0.3 is 0 Å². The average Bonchev–Trinajstić information content (AvgIpc) is 2.72. The van der Waals surface area contributed by atoms with Gasteiger partial charge in [-0.15, -0.1) is 0 Å². The molecule has 2 rings (SSSR count). The standard InChI is InChI=1S/C13H24N4O/c1-9(2)17-7-10(3)15-13(17)16-5-6-18-12(8-16)11(4)14/h7,9,11-12H,5-6,8,14H2,1-4H3. The normalized spacial score (nSPS) is 22.6. The van der Waals surface area contributed by atoms with Gasteiger partial charge in [0.2, 0.25) is 5.95 Å². The molecule has 0 aliphatic carbocycles. The van der Waals surface area contributed by atoms with Crippen LogP contribution in [0.1, 0.15) is 32.5 Å². The smallest absolute Gasteiger partial charge is 0.206 e. The van der Waals surface area contributed by atoms with Gasteiger partial charge in [-0.3, -0.25) is 0 Å². The largest absolute Gasteiger partial charge is 0.373 e. The Bertz CT molecular complexity index is 400. The molecule has 2 heterocycles. The second kappa shape index (κ2) is 5.28. The molecule has 2 atom stereocenters. The molecule has 2 unspecified atom stereocenters. The molecule has 0 saturated carbocycles. The molecular formula is C13H24N4O. The third-order valence-corrected chi connectivity index (χ3v) is 3.35. The summed E-state index contributed by atoms with van der Waals surface area (Å²) in [6, 6.07) is 0.467. The second-order valence-electron chi connectivity index (χ2n) is 5.40. The van der Waals surface area contributed by atoms with Gasteiger partial charge in [-0.2, -0.15) is 0 Å². The molecule has 102 valence electrons. The highest BCUT2D eigenvalue weighted by Crippen LogP contribution is 2.22. The Balaban J connectivity index is 2.20. The van der Waals surface area contributed by atoms with Crippen molar-refractivity contribution in [3.63, 3.8) is 0 Å². The zero-order valence-electron chi connectivity index (χ0n) is 11.8. The number of nitrogens with two attached hydrogens (primary N) is 1. The lowest BCUT2D eigenvalue weighted by molar-refractivity contribution is 0.0268. The van der Waals surface area contributed by atoms with Crippen molar-refractivity contribution in [2.45, 2.75) is 45.9 Å². The summed E-state index contributed by atoms with van der Waals surface area (Å²) in [5, 5.41) is 0. The van der Waals surface area contributed by atoms with Crippen molar-refractivity contribution in [2.75, 3.05) is 24.6 Å². The van der Waals surface area contributed by atoms with Gasteiger partial charge in [-0.25, -0.2) is 4.98 Å². The number of morpholine rings is 1. The molecule has 0 aromatic carbocycles. The first-order chi connectivity index (χ1) is 8.49. The number of aromatic nitrogens is 2. The monoisotopic (exact) mass is 252 g/mol. The number of anilines is 1. The van der Waals surface area contributed by atoms with Crippen LogP contribution in [0.5, 0.6) is 0 Å². The Morgan fingerprint density at radius 1 is 1.44 bits per heavy atom. The lowest BCUT2D eigenvalue weighted by Crippen LogP contribution is -2.50. The minimum atomic E-state index is 0.0522. The van der Waals surface area contributed by atoms with Crippen molar-refractivity contribution in [1.82, 2.24) is 9.55 Å². The van der Waals surface area contributed by atoms with Crippen molar-refractivity contribution in [1.29, 1.82) is 0 Å². The third kappa shape index (κ3) is 2.67. The maximum atomic E-state index is 5.93. The lowest BCUT2D eigenvalue weighted by Gasteiger charge is -2.35. The van der Waals surface area contributed by atoms with E-state index in [0.717, 1.165) is 31.3 Å². The van der Waals surface area contributed by atoms with E-state index >= 15 is 0 Å². The highest BCUT2D eigenvalue weighted by atomic mass is 16.5. The van der Waals surface area contributed by atoms with E-state index in [9.17, 15) is 0 Å². The van der Waals surface area contributed by atoms with Crippen LogP contribution < -0.4 is 10.6 Å². The summed E-state index contributed by atoms with van der Waals surface area (Å²) in [5.74, 6) is 1.04. The summed E-state index contributed by atoms with van der Waals surface area (Å²) < 4.78 is 7.92. The number of hydrogen-bond acceptors (Lipinski definition) is 4. The number of ether oxygens (including phenoxy) is 1. The van der Waals surface area contributed by atoms with Crippen LogP contribution in [0.25, 0.3) is 0 Å². The molecule has 1 aliphatic rings. The zero-order chi connectivity index (χ0) is 13.3. The number of aryl methyl sites for hydroxylation is 1. The maximum Gasteiger partial charge on any atom is 0.206 e. The molecule has 5 nitrogen and oxygen atoms in total. The summed E-state index contributed by atoms with van der Waals surface area (Å²) in [6.45, 7) is 10.8. The van der Waals surface area contributed by atoms with Gasteiger partial charge in [-0.1, -0.05) is 0 Å². The van der Waals surface area contributed by atoms with Gasteiger partial charge in [0.05, 0.1) is 18.4 Å². The Morgan fingerprint density at radius 3 is 2.78 bits per heavy atom. The molecule has 1 aliphatic heterocycles. The van der Waals surface area contributed by atoms with Gasteiger partial charge in [-0.05, 0) is 27.7 Å². The van der Waals surface area contributed by atoms with Gasteiger partial charge in [0.15, 0.2) is 0 Å². The fourth-order valence-corrected chi connectivity index (χ4v) is 2.29. The minimum Gasteiger partial charge on any atom is -0.373 e. The maximum absolute atomic E-state index is 5.93. The van der Waals surface area contributed by atoms with Crippen LogP contribution in [0.3, 0.4) is 0 Å². The topological polar surface area (TPSA) is 56.3 Å². The number of rotatable bonds is 3. The van der Waals surface area contributed by atoms with E-state index < -0.39 is 0 Å². The lowest BCUT2D eigenvalue weighted by atomic mass is 10.1. The molecule has 2 N–H and O–H groups in total. The number of nitrogens with zero attached hydrogens (tertiary/aromatic N) is 3. The second-order valence-corrected chi connectivity index (χ2v) is 5.40. The Hall–Kier alpha value is -1.07. The summed E-state index contributed by atoms with van der Waals surface area (Å²) in [5.41, 5.74) is 6.99. The van der Waals surface area contributed by atoms with Crippen molar-refractivity contribution in [2.24, 2.45) is 5.73 Å². The summed E-state index contributed by atoms with van der Waals surface area (Å²) in [6.07, 6.45) is 2.20. The van der Waals surface area contributed by atoms with E-state index in [0.29, 0.717) is 6.04 Å². The quantitative estimate of drug-likeness (QED) is 0.881. The fourth-order valence-electron chi connectivity index (χ4n) is 2.29. The van der Waals surface area contributed by atoms with E-state index in [2.05, 4.69) is 34.5 Å². The molecule has 1 fully saturated rings. The Kier molecular flexibility index (Phi) is 3.92. The molecule has 0 radical (unpaired) electrons. The van der Waals surface area contributed by atoms with Crippen LogP contribution in [-0.4, -0.2) is 41.4 Å². The molecule has 1 saturated heterocycles. The highest BCUT2D eigenvalue weighted by molar-refractivity contribution is 5.35. The van der Waals surface area contributed by atoms with Crippen LogP contribution in [0.15, 0.2) is 6.20 Å². The molecule has 5 heteroatoms. The molecule has 0 bridgehead atoms. The van der Waals surface area contributed by atoms with Gasteiger partial charge in [0.25, 0.3) is 0 Å². The molecule has 1 aromatic rings. The van der Waals surface area contributed by atoms with Crippen molar-refractivity contribution in [3.8, 4) is 0 Å². The predicted octanol–water partition coefficient (Wildman–Crippen LogP) is 1.32.